The van der Waals surface area contributed by atoms with Crippen molar-refractivity contribution in [2.45, 2.75) is 38.0 Å². The summed E-state index contributed by atoms with van der Waals surface area (Å²) in [6, 6.07) is 12.8. The Morgan fingerprint density at radius 3 is 1.85 bits per heavy atom. The van der Waals surface area contributed by atoms with Crippen LogP contribution in [0.1, 0.15) is 31.9 Å². The lowest BCUT2D eigenvalue weighted by molar-refractivity contribution is -0.159. The number of hydrogen-bond donors (Lipinski definition) is 3. The lowest BCUT2D eigenvalue weighted by Gasteiger charge is -2.35. The van der Waals surface area contributed by atoms with Crippen LogP contribution in [0.3, 0.4) is 0 Å². The highest BCUT2D eigenvalue weighted by Crippen LogP contribution is 2.29. The van der Waals surface area contributed by atoms with E-state index in [9.17, 15) is 13.5 Å². The molecule has 0 amide bonds. The third kappa shape index (κ3) is 6.69. The van der Waals surface area contributed by atoms with E-state index in [0.717, 1.165) is 16.8 Å². The van der Waals surface area contributed by atoms with Crippen molar-refractivity contribution in [1.29, 1.82) is 0 Å². The Hall–Kier alpha value is -3.11. The molecule has 3 rings (SSSR count). The standard InChI is InChI=1S/C21H28N2O3S.C2H2O4/c1-16-5-6-17(21(2,3)4)15-20(16)27(25,26)23-13-11-22(12-14-23)18-7-9-19(24)10-8-18;3-1(4)2(5)6/h5-10,15,24H,11-14H2,1-4H3;(H,3,4)(H,5,6). The summed E-state index contributed by atoms with van der Waals surface area (Å²) in [5.41, 5.74) is 2.70. The highest BCUT2D eigenvalue weighted by atomic mass is 32.2. The van der Waals surface area contributed by atoms with E-state index >= 15 is 0 Å². The van der Waals surface area contributed by atoms with Crippen molar-refractivity contribution in [3.8, 4) is 5.75 Å². The van der Waals surface area contributed by atoms with Crippen LogP contribution in [-0.2, 0) is 25.0 Å². The normalized spacial score (nSPS) is 14.8. The second-order valence-corrected chi connectivity index (χ2v) is 10.7. The van der Waals surface area contributed by atoms with Crippen molar-refractivity contribution < 1.29 is 33.3 Å². The molecule has 1 fully saturated rings. The van der Waals surface area contributed by atoms with Gasteiger partial charge in [0.25, 0.3) is 0 Å². The zero-order valence-electron chi connectivity index (χ0n) is 19.1. The monoisotopic (exact) mass is 478 g/mol. The van der Waals surface area contributed by atoms with E-state index in [0.29, 0.717) is 31.1 Å². The van der Waals surface area contributed by atoms with E-state index in [-0.39, 0.29) is 11.2 Å². The van der Waals surface area contributed by atoms with E-state index in [1.807, 2.05) is 37.3 Å². The van der Waals surface area contributed by atoms with Crippen LogP contribution >= 0.6 is 0 Å². The number of rotatable bonds is 3. The Balaban J connectivity index is 0.000000569. The fourth-order valence-electron chi connectivity index (χ4n) is 3.33. The fourth-order valence-corrected chi connectivity index (χ4v) is 5.01. The second-order valence-electron chi connectivity index (χ2n) is 8.75. The van der Waals surface area contributed by atoms with Crippen molar-refractivity contribution in [3.63, 3.8) is 0 Å². The SMILES string of the molecule is Cc1ccc(C(C)(C)C)cc1S(=O)(=O)N1CCN(c2ccc(O)cc2)CC1.O=C(O)C(=O)O. The number of aliphatic carboxylic acids is 2. The largest absolute Gasteiger partial charge is 0.508 e. The minimum atomic E-state index is -3.52. The van der Waals surface area contributed by atoms with Gasteiger partial charge >= 0.3 is 11.9 Å². The van der Waals surface area contributed by atoms with Gasteiger partial charge in [0, 0.05) is 31.9 Å². The number of sulfonamides is 1. The number of carboxylic acids is 2. The van der Waals surface area contributed by atoms with E-state index < -0.39 is 22.0 Å². The minimum Gasteiger partial charge on any atom is -0.508 e. The van der Waals surface area contributed by atoms with Gasteiger partial charge < -0.3 is 20.2 Å². The molecule has 1 aliphatic heterocycles. The molecule has 1 saturated heterocycles. The van der Waals surface area contributed by atoms with Crippen LogP contribution in [-0.4, -0.2) is 66.2 Å². The number of anilines is 1. The molecule has 10 heteroatoms. The number of carboxylic acid groups (broad SMARTS) is 2. The van der Waals surface area contributed by atoms with Gasteiger partial charge in [-0.2, -0.15) is 4.31 Å². The quantitative estimate of drug-likeness (QED) is 0.573. The van der Waals surface area contributed by atoms with Gasteiger partial charge in [-0.15, -0.1) is 0 Å². The first-order chi connectivity index (χ1) is 15.2. The predicted molar refractivity (Wildman–Crippen MR) is 124 cm³/mol. The maximum Gasteiger partial charge on any atom is 0.414 e. The van der Waals surface area contributed by atoms with Crippen molar-refractivity contribution >= 4 is 27.6 Å². The molecule has 0 radical (unpaired) electrons. The van der Waals surface area contributed by atoms with Crippen molar-refractivity contribution in [1.82, 2.24) is 4.31 Å². The summed E-state index contributed by atoms with van der Waals surface area (Å²) >= 11 is 0. The summed E-state index contributed by atoms with van der Waals surface area (Å²) < 4.78 is 28.1. The fraction of sp³-hybridized carbons (Fsp3) is 0.391. The predicted octanol–water partition coefficient (Wildman–Crippen LogP) is 2.66. The maximum absolute atomic E-state index is 13.2. The van der Waals surface area contributed by atoms with Gasteiger partial charge in [-0.25, -0.2) is 18.0 Å². The van der Waals surface area contributed by atoms with Gasteiger partial charge in [0.05, 0.1) is 4.90 Å². The Bertz CT molecular complexity index is 1090. The zero-order chi connectivity index (χ0) is 25.0. The van der Waals surface area contributed by atoms with E-state index in [2.05, 4.69) is 25.7 Å². The summed E-state index contributed by atoms with van der Waals surface area (Å²) in [5.74, 6) is -3.42. The maximum atomic E-state index is 13.2. The molecule has 0 aromatic heterocycles. The molecular weight excluding hydrogens is 448 g/mol. The third-order valence-corrected chi connectivity index (χ3v) is 7.35. The number of nitrogens with zero attached hydrogens (tertiary/aromatic N) is 2. The highest BCUT2D eigenvalue weighted by Gasteiger charge is 2.30. The van der Waals surface area contributed by atoms with Crippen LogP contribution in [0.25, 0.3) is 0 Å². The van der Waals surface area contributed by atoms with Gasteiger partial charge in [0.2, 0.25) is 10.0 Å². The molecule has 180 valence electrons. The van der Waals surface area contributed by atoms with Crippen LogP contribution < -0.4 is 4.90 Å². The number of hydrogen-bond acceptors (Lipinski definition) is 6. The molecule has 1 aliphatic rings. The van der Waals surface area contributed by atoms with E-state index in [4.69, 9.17) is 19.8 Å². The number of carbonyl (C=O) groups is 2. The highest BCUT2D eigenvalue weighted by molar-refractivity contribution is 7.89. The molecule has 9 nitrogen and oxygen atoms in total. The van der Waals surface area contributed by atoms with Crippen molar-refractivity contribution in [2.75, 3.05) is 31.1 Å². The van der Waals surface area contributed by atoms with Crippen molar-refractivity contribution in [3.05, 3.63) is 53.6 Å². The molecule has 2 aromatic rings. The Morgan fingerprint density at radius 1 is 0.879 bits per heavy atom. The number of aryl methyl sites for hydroxylation is 1. The van der Waals surface area contributed by atoms with Gasteiger partial charge in [-0.1, -0.05) is 32.9 Å². The van der Waals surface area contributed by atoms with E-state index in [1.165, 1.54) is 0 Å². The minimum absolute atomic E-state index is 0.102. The Labute approximate surface area is 193 Å². The van der Waals surface area contributed by atoms with Crippen LogP contribution in [0, 0.1) is 6.92 Å². The average Bonchev–Trinajstić information content (AvgIpc) is 2.74. The molecule has 1 heterocycles. The topological polar surface area (TPSA) is 135 Å². The Morgan fingerprint density at radius 2 is 1.39 bits per heavy atom. The molecule has 2 aromatic carbocycles. The smallest absolute Gasteiger partial charge is 0.414 e. The van der Waals surface area contributed by atoms with Gasteiger partial charge in [0.1, 0.15) is 5.75 Å². The molecule has 0 spiro atoms. The number of phenolic OH excluding ortho intramolecular Hbond substituents is 1. The summed E-state index contributed by atoms with van der Waals surface area (Å²) in [6.07, 6.45) is 0. The number of benzene rings is 2. The summed E-state index contributed by atoms with van der Waals surface area (Å²) in [4.78, 5) is 20.8. The molecule has 33 heavy (non-hydrogen) atoms. The van der Waals surface area contributed by atoms with Crippen molar-refractivity contribution in [2.24, 2.45) is 0 Å². The molecule has 0 unspecified atom stereocenters. The summed E-state index contributed by atoms with van der Waals surface area (Å²) in [5, 5.41) is 24.2. The average molecular weight is 479 g/mol. The molecule has 3 N–H and O–H groups in total. The summed E-state index contributed by atoms with van der Waals surface area (Å²) in [7, 11) is -3.52. The summed E-state index contributed by atoms with van der Waals surface area (Å²) in [6.45, 7) is 10.3. The van der Waals surface area contributed by atoms with Crippen LogP contribution in [0.15, 0.2) is 47.4 Å². The first-order valence-corrected chi connectivity index (χ1v) is 11.8. The van der Waals surface area contributed by atoms with Gasteiger partial charge in [-0.05, 0) is 53.8 Å². The molecule has 0 atom stereocenters. The van der Waals surface area contributed by atoms with Crippen LogP contribution in [0.4, 0.5) is 5.69 Å². The Kier molecular flexibility index (Phi) is 8.10. The lowest BCUT2D eigenvalue weighted by Crippen LogP contribution is -2.48. The number of phenols is 1. The zero-order valence-corrected chi connectivity index (χ0v) is 20.0. The number of piperazine rings is 1. The van der Waals surface area contributed by atoms with E-state index in [1.54, 1.807) is 16.4 Å². The lowest BCUT2D eigenvalue weighted by atomic mass is 9.87. The third-order valence-electron chi connectivity index (χ3n) is 5.31. The molecular formula is C23H30N2O7S. The van der Waals surface area contributed by atoms with Gasteiger partial charge in [0.15, 0.2) is 0 Å². The molecule has 0 saturated carbocycles. The number of aromatic hydroxyl groups is 1. The first kappa shape index (κ1) is 26.1. The second kappa shape index (κ2) is 10.2. The molecule has 0 bridgehead atoms. The van der Waals surface area contributed by atoms with Crippen LogP contribution in [0.2, 0.25) is 0 Å². The van der Waals surface area contributed by atoms with Crippen LogP contribution in [0.5, 0.6) is 5.75 Å². The first-order valence-electron chi connectivity index (χ1n) is 10.3. The van der Waals surface area contributed by atoms with Gasteiger partial charge in [-0.3, -0.25) is 0 Å². The molecule has 0 aliphatic carbocycles.